The predicted molar refractivity (Wildman–Crippen MR) is 70.7 cm³/mol. The van der Waals surface area contributed by atoms with Gasteiger partial charge in [-0.3, -0.25) is 4.79 Å². The Bertz CT molecular complexity index is 593. The molecule has 0 aliphatic carbocycles. The first-order chi connectivity index (χ1) is 9.13. The van der Waals surface area contributed by atoms with Crippen molar-refractivity contribution in [2.45, 2.75) is 0 Å². The Labute approximate surface area is 111 Å². The topological polar surface area (TPSA) is 65.4 Å². The van der Waals surface area contributed by atoms with E-state index in [0.717, 1.165) is 0 Å². The monoisotopic (exact) mass is 261 g/mol. The van der Waals surface area contributed by atoms with Gasteiger partial charge in [0.1, 0.15) is 0 Å². The van der Waals surface area contributed by atoms with Crippen LogP contribution in [0.1, 0.15) is 10.4 Å². The van der Waals surface area contributed by atoms with Gasteiger partial charge in [-0.05, 0) is 18.2 Å². The smallest absolute Gasteiger partial charge is 0.256 e. The minimum atomic E-state index is -0.250. The summed E-state index contributed by atoms with van der Waals surface area (Å²) < 4.78 is 12.0. The number of hydrogen-bond donors (Lipinski definition) is 1. The van der Waals surface area contributed by atoms with Crippen LogP contribution >= 0.6 is 0 Å². The minimum absolute atomic E-state index is 0.250. The first-order valence-electron chi connectivity index (χ1n) is 5.65. The van der Waals surface area contributed by atoms with Crippen LogP contribution in [0.15, 0.2) is 30.7 Å². The molecule has 0 saturated carbocycles. The number of methoxy groups -OCH3 is 2. The van der Waals surface area contributed by atoms with Crippen molar-refractivity contribution in [2.75, 3.05) is 19.5 Å². The zero-order chi connectivity index (χ0) is 13.8. The van der Waals surface area contributed by atoms with E-state index in [4.69, 9.17) is 9.47 Å². The summed E-state index contributed by atoms with van der Waals surface area (Å²) in [4.78, 5) is 16.1. The van der Waals surface area contributed by atoms with Crippen LogP contribution in [0.4, 0.5) is 5.82 Å². The molecule has 0 aliphatic heterocycles. The van der Waals surface area contributed by atoms with E-state index in [1.807, 2.05) is 7.05 Å². The number of nitrogens with zero attached hydrogens (tertiary/aromatic N) is 2. The zero-order valence-electron chi connectivity index (χ0n) is 11.0. The summed E-state index contributed by atoms with van der Waals surface area (Å²) in [5.41, 5.74) is 0.475. The largest absolute Gasteiger partial charge is 0.493 e. The molecule has 0 aliphatic rings. The molecule has 0 saturated heterocycles. The molecule has 6 heteroatoms. The van der Waals surface area contributed by atoms with Gasteiger partial charge in [-0.1, -0.05) is 0 Å². The van der Waals surface area contributed by atoms with Crippen molar-refractivity contribution < 1.29 is 14.3 Å². The zero-order valence-corrected chi connectivity index (χ0v) is 11.0. The fourth-order valence-corrected chi connectivity index (χ4v) is 1.64. The summed E-state index contributed by atoms with van der Waals surface area (Å²) in [6.07, 6.45) is 3.34. The van der Waals surface area contributed by atoms with E-state index in [0.29, 0.717) is 22.9 Å². The molecule has 1 heterocycles. The summed E-state index contributed by atoms with van der Waals surface area (Å²) in [6, 6.07) is 4.98. The maximum Gasteiger partial charge on any atom is 0.256 e. The van der Waals surface area contributed by atoms with Crippen molar-refractivity contribution in [2.24, 2.45) is 7.05 Å². The molecule has 0 fully saturated rings. The van der Waals surface area contributed by atoms with Gasteiger partial charge in [0.25, 0.3) is 5.91 Å². The van der Waals surface area contributed by atoms with Gasteiger partial charge in [0.05, 0.1) is 20.5 Å². The lowest BCUT2D eigenvalue weighted by atomic mass is 10.2. The van der Waals surface area contributed by atoms with Crippen molar-refractivity contribution in [3.63, 3.8) is 0 Å². The molecule has 0 radical (unpaired) electrons. The molecule has 2 aromatic rings. The van der Waals surface area contributed by atoms with Gasteiger partial charge in [-0.15, -0.1) is 0 Å². The average Bonchev–Trinajstić information content (AvgIpc) is 2.83. The first-order valence-corrected chi connectivity index (χ1v) is 5.65. The number of rotatable bonds is 4. The lowest BCUT2D eigenvalue weighted by Gasteiger charge is -2.09. The lowest BCUT2D eigenvalue weighted by molar-refractivity contribution is 0.102. The van der Waals surface area contributed by atoms with Crippen LogP contribution in [-0.4, -0.2) is 29.7 Å². The number of carbonyl (C=O) groups is 1. The fourth-order valence-electron chi connectivity index (χ4n) is 1.64. The van der Waals surface area contributed by atoms with E-state index in [1.165, 1.54) is 7.11 Å². The summed E-state index contributed by atoms with van der Waals surface area (Å²) in [6.45, 7) is 0. The number of amides is 1. The van der Waals surface area contributed by atoms with E-state index in [2.05, 4.69) is 10.3 Å². The highest BCUT2D eigenvalue weighted by molar-refractivity contribution is 6.04. The molecule has 19 heavy (non-hydrogen) atoms. The van der Waals surface area contributed by atoms with Gasteiger partial charge in [-0.25, -0.2) is 4.98 Å². The van der Waals surface area contributed by atoms with Crippen molar-refractivity contribution >= 4 is 11.7 Å². The molecule has 1 amide bonds. The van der Waals surface area contributed by atoms with Gasteiger partial charge >= 0.3 is 0 Å². The van der Waals surface area contributed by atoms with Crippen LogP contribution in [0.5, 0.6) is 11.5 Å². The Morgan fingerprint density at radius 1 is 1.26 bits per heavy atom. The molecule has 0 atom stereocenters. The molecule has 100 valence electrons. The Morgan fingerprint density at radius 3 is 2.58 bits per heavy atom. The van der Waals surface area contributed by atoms with Crippen molar-refractivity contribution in [1.82, 2.24) is 9.55 Å². The van der Waals surface area contributed by atoms with E-state index in [1.54, 1.807) is 42.4 Å². The molecule has 0 spiro atoms. The summed E-state index contributed by atoms with van der Waals surface area (Å²) >= 11 is 0. The molecule has 1 N–H and O–H groups in total. The van der Waals surface area contributed by atoms with Crippen LogP contribution in [0, 0.1) is 0 Å². The van der Waals surface area contributed by atoms with Gasteiger partial charge in [0.15, 0.2) is 17.3 Å². The second kappa shape index (κ2) is 5.43. The standard InChI is InChI=1S/C13H15N3O3/c1-16-7-12(14-8-16)15-13(17)9-4-5-10(18-2)11(6-9)19-3/h4-8H,1-3H3,(H,15,17). The normalized spacial score (nSPS) is 10.1. The third-order valence-electron chi connectivity index (χ3n) is 2.59. The van der Waals surface area contributed by atoms with Gasteiger partial charge in [0.2, 0.25) is 0 Å². The molecule has 0 unspecified atom stereocenters. The number of benzene rings is 1. The molecule has 1 aromatic heterocycles. The summed E-state index contributed by atoms with van der Waals surface area (Å²) in [7, 11) is 4.91. The molecule has 0 bridgehead atoms. The summed E-state index contributed by atoms with van der Waals surface area (Å²) in [5, 5.41) is 2.70. The Morgan fingerprint density at radius 2 is 2.00 bits per heavy atom. The van der Waals surface area contributed by atoms with Crippen LogP contribution in [0.25, 0.3) is 0 Å². The second-order valence-electron chi connectivity index (χ2n) is 3.95. The Balaban J connectivity index is 2.19. The quantitative estimate of drug-likeness (QED) is 0.909. The number of anilines is 1. The molecule has 6 nitrogen and oxygen atoms in total. The molecule has 2 rings (SSSR count). The molecular formula is C13H15N3O3. The van der Waals surface area contributed by atoms with Crippen molar-refractivity contribution in [3.05, 3.63) is 36.3 Å². The van der Waals surface area contributed by atoms with Crippen LogP contribution in [0.3, 0.4) is 0 Å². The maximum absolute atomic E-state index is 12.0. The van der Waals surface area contributed by atoms with E-state index in [9.17, 15) is 4.79 Å². The van der Waals surface area contributed by atoms with E-state index >= 15 is 0 Å². The van der Waals surface area contributed by atoms with Gasteiger partial charge in [0, 0.05) is 18.8 Å². The Kier molecular flexibility index (Phi) is 3.70. The molecule has 1 aromatic carbocycles. The first kappa shape index (κ1) is 12.9. The highest BCUT2D eigenvalue weighted by Gasteiger charge is 2.11. The van der Waals surface area contributed by atoms with Crippen LogP contribution < -0.4 is 14.8 Å². The van der Waals surface area contributed by atoms with Crippen LogP contribution in [-0.2, 0) is 7.05 Å². The number of carbonyl (C=O) groups excluding carboxylic acids is 1. The number of aryl methyl sites for hydroxylation is 1. The third-order valence-corrected chi connectivity index (χ3v) is 2.59. The highest BCUT2D eigenvalue weighted by atomic mass is 16.5. The minimum Gasteiger partial charge on any atom is -0.493 e. The predicted octanol–water partition coefficient (Wildman–Crippen LogP) is 1.69. The number of nitrogens with one attached hydrogen (secondary N) is 1. The van der Waals surface area contributed by atoms with Crippen molar-refractivity contribution in [3.8, 4) is 11.5 Å². The van der Waals surface area contributed by atoms with E-state index in [-0.39, 0.29) is 5.91 Å². The Hall–Kier alpha value is -2.50. The lowest BCUT2D eigenvalue weighted by Crippen LogP contribution is -2.12. The summed E-state index contributed by atoms with van der Waals surface area (Å²) in [5.74, 6) is 1.34. The molecular weight excluding hydrogens is 246 g/mol. The number of aromatic nitrogens is 2. The third kappa shape index (κ3) is 2.85. The fraction of sp³-hybridized carbons (Fsp3) is 0.231. The number of hydrogen-bond acceptors (Lipinski definition) is 4. The SMILES string of the molecule is COc1ccc(C(=O)Nc2cn(C)cn2)cc1OC. The highest BCUT2D eigenvalue weighted by Crippen LogP contribution is 2.27. The van der Waals surface area contributed by atoms with Crippen molar-refractivity contribution in [1.29, 1.82) is 0 Å². The van der Waals surface area contributed by atoms with Gasteiger partial charge < -0.3 is 19.4 Å². The average molecular weight is 261 g/mol. The van der Waals surface area contributed by atoms with Crippen LogP contribution in [0.2, 0.25) is 0 Å². The van der Waals surface area contributed by atoms with Gasteiger partial charge in [-0.2, -0.15) is 0 Å². The maximum atomic E-state index is 12.0. The number of ether oxygens (including phenoxy) is 2. The number of imidazole rings is 1. The second-order valence-corrected chi connectivity index (χ2v) is 3.95. The van der Waals surface area contributed by atoms with E-state index < -0.39 is 0 Å².